The average Bonchev–Trinajstić information content (AvgIpc) is 3.02. The highest BCUT2D eigenvalue weighted by molar-refractivity contribution is 7.11. The molecule has 0 saturated carbocycles. The zero-order chi connectivity index (χ0) is 18.0. The van der Waals surface area contributed by atoms with Crippen molar-refractivity contribution in [1.82, 2.24) is 10.2 Å². The summed E-state index contributed by atoms with van der Waals surface area (Å²) in [6, 6.07) is 4.78. The number of aromatic nitrogens is 2. The van der Waals surface area contributed by atoms with Crippen molar-refractivity contribution in [2.45, 2.75) is 31.6 Å². The summed E-state index contributed by atoms with van der Waals surface area (Å²) in [6.45, 7) is 0.281. The summed E-state index contributed by atoms with van der Waals surface area (Å²) in [5.74, 6) is -1.48. The van der Waals surface area contributed by atoms with Gasteiger partial charge in [0.15, 0.2) is 0 Å². The number of nitrogens with two attached hydrogens (primary N) is 1. The summed E-state index contributed by atoms with van der Waals surface area (Å²) >= 11 is 1.29. The molecular formula is C15H16BN3O5S. The van der Waals surface area contributed by atoms with Crippen LogP contribution in [0.15, 0.2) is 18.2 Å². The first kappa shape index (κ1) is 17.5. The van der Waals surface area contributed by atoms with Crippen LogP contribution in [0, 0.1) is 0 Å². The minimum Gasteiger partial charge on any atom is -0.535 e. The van der Waals surface area contributed by atoms with E-state index in [0.717, 1.165) is 0 Å². The van der Waals surface area contributed by atoms with E-state index in [1.807, 2.05) is 0 Å². The first-order valence-electron chi connectivity index (χ1n) is 7.71. The number of fused-ring (bicyclic) bond motifs is 1. The number of rotatable bonds is 6. The van der Waals surface area contributed by atoms with Gasteiger partial charge in [-0.05, 0) is 18.1 Å². The second-order valence-corrected chi connectivity index (χ2v) is 6.93. The molecule has 1 aromatic heterocycles. The number of carbonyl (C=O) groups excluding carboxylic acids is 1. The highest BCUT2D eigenvalue weighted by Gasteiger charge is 2.37. The lowest BCUT2D eigenvalue weighted by Gasteiger charge is -2.27. The van der Waals surface area contributed by atoms with Crippen molar-refractivity contribution in [1.29, 1.82) is 0 Å². The lowest BCUT2D eigenvalue weighted by atomic mass is 9.64. The monoisotopic (exact) mass is 361 g/mol. The smallest absolute Gasteiger partial charge is 0.526 e. The number of carbonyl (C=O) groups is 2. The zero-order valence-electron chi connectivity index (χ0n) is 13.2. The van der Waals surface area contributed by atoms with Crippen molar-refractivity contribution >= 4 is 30.2 Å². The Kier molecular flexibility index (Phi) is 5.12. The summed E-state index contributed by atoms with van der Waals surface area (Å²) in [6.07, 6.45) is 0.603. The molecule has 4 N–H and O–H groups in total. The molecule has 0 radical (unpaired) electrons. The Morgan fingerprint density at radius 1 is 1.36 bits per heavy atom. The molecule has 1 aliphatic heterocycles. The molecule has 1 aromatic carbocycles. The molecule has 0 aliphatic carbocycles. The summed E-state index contributed by atoms with van der Waals surface area (Å²) in [4.78, 5) is 23.5. The second kappa shape index (κ2) is 7.30. The van der Waals surface area contributed by atoms with Crippen molar-refractivity contribution in [3.05, 3.63) is 39.3 Å². The van der Waals surface area contributed by atoms with Crippen molar-refractivity contribution in [2.75, 3.05) is 0 Å². The number of benzene rings is 1. The molecule has 0 amide bonds. The first-order valence-corrected chi connectivity index (χ1v) is 8.52. The minimum absolute atomic E-state index is 0.00417. The van der Waals surface area contributed by atoms with E-state index in [1.54, 1.807) is 12.1 Å². The van der Waals surface area contributed by atoms with Gasteiger partial charge in [0, 0.05) is 18.8 Å². The van der Waals surface area contributed by atoms with E-state index in [4.69, 9.17) is 10.4 Å². The molecule has 8 nitrogen and oxygen atoms in total. The highest BCUT2D eigenvalue weighted by atomic mass is 32.1. The molecule has 25 heavy (non-hydrogen) atoms. The molecule has 0 bridgehead atoms. The zero-order valence-corrected chi connectivity index (χ0v) is 14.0. The van der Waals surface area contributed by atoms with Crippen LogP contribution >= 0.6 is 11.3 Å². The van der Waals surface area contributed by atoms with E-state index in [0.29, 0.717) is 22.0 Å². The van der Waals surface area contributed by atoms with Gasteiger partial charge >= 0.3 is 13.1 Å². The van der Waals surface area contributed by atoms with Gasteiger partial charge in [0.25, 0.3) is 0 Å². The predicted molar refractivity (Wildman–Crippen MR) is 90.6 cm³/mol. The quantitative estimate of drug-likeness (QED) is 0.639. The summed E-state index contributed by atoms with van der Waals surface area (Å²) in [5.41, 5.74) is 6.15. The van der Waals surface area contributed by atoms with Crippen molar-refractivity contribution in [3.63, 3.8) is 0 Å². The Balaban J connectivity index is 1.68. The van der Waals surface area contributed by atoms with Crippen LogP contribution in [-0.4, -0.2) is 39.2 Å². The van der Waals surface area contributed by atoms with E-state index in [9.17, 15) is 19.7 Å². The SMILES string of the molecule is NCc1nnc(CC(=O)C[C@H]2Cc3cccc(C(=O)O)c3OB2O)s1. The minimum atomic E-state index is -1.23. The number of hydrogen-bond donors (Lipinski definition) is 3. The lowest BCUT2D eigenvalue weighted by molar-refractivity contribution is -0.118. The maximum Gasteiger partial charge on any atom is 0.526 e. The topological polar surface area (TPSA) is 136 Å². The van der Waals surface area contributed by atoms with Gasteiger partial charge in [-0.3, -0.25) is 4.79 Å². The molecule has 0 saturated heterocycles. The number of Topliss-reactive ketones (excluding diaryl/α,β-unsaturated/α-hetero) is 1. The van der Waals surface area contributed by atoms with Gasteiger partial charge in [-0.15, -0.1) is 10.2 Å². The van der Waals surface area contributed by atoms with Gasteiger partial charge in [-0.2, -0.15) is 0 Å². The van der Waals surface area contributed by atoms with E-state index < -0.39 is 18.9 Å². The van der Waals surface area contributed by atoms with Crippen LogP contribution in [0.2, 0.25) is 5.82 Å². The number of hydrogen-bond acceptors (Lipinski definition) is 8. The van der Waals surface area contributed by atoms with Crippen LogP contribution in [0.5, 0.6) is 5.75 Å². The third-order valence-corrected chi connectivity index (χ3v) is 4.92. The molecule has 2 heterocycles. The molecule has 10 heteroatoms. The largest absolute Gasteiger partial charge is 0.535 e. The molecule has 1 atom stereocenters. The Labute approximate surface area is 147 Å². The van der Waals surface area contributed by atoms with Gasteiger partial charge in [0.05, 0.1) is 12.0 Å². The second-order valence-electron chi connectivity index (χ2n) is 5.78. The van der Waals surface area contributed by atoms with Crippen LogP contribution in [0.3, 0.4) is 0 Å². The molecule has 2 aromatic rings. The van der Waals surface area contributed by atoms with Crippen LogP contribution < -0.4 is 10.4 Å². The fraction of sp³-hybridized carbons (Fsp3) is 0.333. The summed E-state index contributed by atoms with van der Waals surface area (Å²) < 4.78 is 5.39. The Hall–Kier alpha value is -2.30. The van der Waals surface area contributed by atoms with Gasteiger partial charge in [-0.1, -0.05) is 23.5 Å². The third-order valence-electron chi connectivity index (χ3n) is 3.97. The van der Waals surface area contributed by atoms with E-state index in [1.165, 1.54) is 17.4 Å². The molecular weight excluding hydrogens is 345 g/mol. The number of carboxylic acid groups (broad SMARTS) is 1. The maximum atomic E-state index is 12.3. The van der Waals surface area contributed by atoms with Crippen LogP contribution in [0.1, 0.15) is 32.4 Å². The van der Waals surface area contributed by atoms with Crippen LogP contribution in [-0.2, 0) is 24.2 Å². The fourth-order valence-electron chi connectivity index (χ4n) is 2.80. The molecule has 0 spiro atoms. The number of carboxylic acids is 1. The van der Waals surface area contributed by atoms with Crippen molar-refractivity contribution in [3.8, 4) is 5.75 Å². The van der Waals surface area contributed by atoms with Gasteiger partial charge < -0.3 is 20.5 Å². The van der Waals surface area contributed by atoms with E-state index in [2.05, 4.69) is 10.2 Å². The molecule has 0 fully saturated rings. The standard InChI is InChI=1S/C15H16BN3O5S/c17-7-13-19-18-12(25-13)6-10(20)5-9-4-8-2-1-3-11(15(21)22)14(8)24-16(9)23/h1-3,9,23H,4-7,17H2,(H,21,22)/t9-/m1/s1. The van der Waals surface area contributed by atoms with Crippen LogP contribution in [0.25, 0.3) is 0 Å². The predicted octanol–water partition coefficient (Wildman–Crippen LogP) is 0.682. The van der Waals surface area contributed by atoms with E-state index >= 15 is 0 Å². The molecule has 3 rings (SSSR count). The summed E-state index contributed by atoms with van der Waals surface area (Å²) in [5, 5.41) is 28.4. The van der Waals surface area contributed by atoms with Crippen molar-refractivity contribution < 1.29 is 24.4 Å². The number of nitrogens with zero attached hydrogens (tertiary/aromatic N) is 2. The number of aromatic carboxylic acids is 1. The normalized spacial score (nSPS) is 16.2. The van der Waals surface area contributed by atoms with E-state index in [-0.39, 0.29) is 36.5 Å². The lowest BCUT2D eigenvalue weighted by Crippen LogP contribution is -2.36. The number of para-hydroxylation sites is 1. The number of ketones is 1. The Morgan fingerprint density at radius 3 is 2.80 bits per heavy atom. The Morgan fingerprint density at radius 2 is 2.12 bits per heavy atom. The summed E-state index contributed by atoms with van der Waals surface area (Å²) in [7, 11) is -1.23. The van der Waals surface area contributed by atoms with Crippen molar-refractivity contribution in [2.24, 2.45) is 5.73 Å². The molecule has 1 aliphatic rings. The average molecular weight is 361 g/mol. The highest BCUT2D eigenvalue weighted by Crippen LogP contribution is 2.36. The molecule has 0 unspecified atom stereocenters. The fourth-order valence-corrected chi connectivity index (χ4v) is 3.55. The third kappa shape index (κ3) is 3.86. The van der Waals surface area contributed by atoms with Gasteiger partial charge in [-0.25, -0.2) is 4.79 Å². The first-order chi connectivity index (χ1) is 12.0. The van der Waals surface area contributed by atoms with Crippen LogP contribution in [0.4, 0.5) is 0 Å². The maximum absolute atomic E-state index is 12.3. The van der Waals surface area contributed by atoms with Gasteiger partial charge in [0.1, 0.15) is 21.5 Å². The van der Waals surface area contributed by atoms with Gasteiger partial charge in [0.2, 0.25) is 0 Å². The molecule has 130 valence electrons. The Bertz CT molecular complexity index is 812.